The number of thiazole rings is 1. The van der Waals surface area contributed by atoms with Crippen LogP contribution >= 0.6 is 11.3 Å². The lowest BCUT2D eigenvalue weighted by atomic mass is 10.0. The molecule has 1 aromatic heterocycles. The summed E-state index contributed by atoms with van der Waals surface area (Å²) in [7, 11) is -3.70. The molecule has 0 aliphatic heterocycles. The van der Waals surface area contributed by atoms with Gasteiger partial charge in [-0.3, -0.25) is 4.79 Å². The number of nitrogens with zero attached hydrogens (tertiary/aromatic N) is 1. The molecule has 6 nitrogen and oxygen atoms in total. The van der Waals surface area contributed by atoms with Crippen LogP contribution < -0.4 is 10.0 Å². The molecule has 2 N–H and O–H groups in total. The van der Waals surface area contributed by atoms with Gasteiger partial charge in [0.25, 0.3) is 0 Å². The van der Waals surface area contributed by atoms with Crippen LogP contribution in [0.5, 0.6) is 0 Å². The first-order valence-electron chi connectivity index (χ1n) is 7.59. The van der Waals surface area contributed by atoms with Crippen molar-refractivity contribution in [2.24, 2.45) is 5.92 Å². The lowest BCUT2D eigenvalue weighted by molar-refractivity contribution is -0.120. The molecular formula is C16H21N3O3S2. The van der Waals surface area contributed by atoms with Gasteiger partial charge in [0.2, 0.25) is 15.9 Å². The van der Waals surface area contributed by atoms with Crippen molar-refractivity contribution < 1.29 is 13.2 Å². The van der Waals surface area contributed by atoms with Gasteiger partial charge >= 0.3 is 0 Å². The molecule has 8 heteroatoms. The zero-order valence-corrected chi connectivity index (χ0v) is 15.3. The smallest absolute Gasteiger partial charge is 0.241 e. The minimum Gasteiger partial charge on any atom is -0.349 e. The topological polar surface area (TPSA) is 88.2 Å². The van der Waals surface area contributed by atoms with E-state index in [1.165, 1.54) is 11.3 Å². The molecule has 0 aliphatic carbocycles. The number of sulfonamides is 1. The maximum Gasteiger partial charge on any atom is 0.241 e. The van der Waals surface area contributed by atoms with Crippen molar-refractivity contribution in [1.29, 1.82) is 0 Å². The second-order valence-corrected chi connectivity index (χ2v) is 8.31. The SMILES string of the molecule is CC(C)Cc1ccc(S(=O)(=O)NCC(=O)NCc2cscn2)cc1. The maximum atomic E-state index is 12.2. The number of nitrogens with one attached hydrogen (secondary N) is 2. The predicted molar refractivity (Wildman–Crippen MR) is 94.1 cm³/mol. The Hall–Kier alpha value is -1.77. The first kappa shape index (κ1) is 18.6. The summed E-state index contributed by atoms with van der Waals surface area (Å²) in [6, 6.07) is 6.73. The van der Waals surface area contributed by atoms with Crippen LogP contribution in [0.15, 0.2) is 40.1 Å². The highest BCUT2D eigenvalue weighted by molar-refractivity contribution is 7.89. The van der Waals surface area contributed by atoms with E-state index in [1.54, 1.807) is 29.8 Å². The van der Waals surface area contributed by atoms with Crippen LogP contribution in [0.1, 0.15) is 25.1 Å². The van der Waals surface area contributed by atoms with E-state index < -0.39 is 15.9 Å². The van der Waals surface area contributed by atoms with Gasteiger partial charge < -0.3 is 5.32 Å². The molecule has 130 valence electrons. The van der Waals surface area contributed by atoms with E-state index in [2.05, 4.69) is 28.9 Å². The molecule has 0 atom stereocenters. The molecule has 0 radical (unpaired) electrons. The Balaban J connectivity index is 1.87. The first-order chi connectivity index (χ1) is 11.4. The molecule has 2 aromatic rings. The number of amides is 1. The van der Waals surface area contributed by atoms with E-state index in [0.717, 1.165) is 17.7 Å². The second-order valence-electron chi connectivity index (χ2n) is 5.82. The number of hydrogen-bond acceptors (Lipinski definition) is 5. The number of carbonyl (C=O) groups excluding carboxylic acids is 1. The zero-order chi connectivity index (χ0) is 17.6. The molecule has 0 fully saturated rings. The van der Waals surface area contributed by atoms with E-state index in [-0.39, 0.29) is 18.0 Å². The van der Waals surface area contributed by atoms with Crippen molar-refractivity contribution >= 4 is 27.3 Å². The standard InChI is InChI=1S/C16H21N3O3S2/c1-12(2)7-13-3-5-15(6-4-13)24(21,22)19-9-16(20)17-8-14-10-23-11-18-14/h3-6,10-12,19H,7-9H2,1-2H3,(H,17,20). The largest absolute Gasteiger partial charge is 0.349 e. The minimum atomic E-state index is -3.70. The van der Waals surface area contributed by atoms with Crippen LogP contribution in [0, 0.1) is 5.92 Å². The average molecular weight is 367 g/mol. The van der Waals surface area contributed by atoms with Crippen molar-refractivity contribution in [3.05, 3.63) is 46.4 Å². The van der Waals surface area contributed by atoms with E-state index in [0.29, 0.717) is 5.92 Å². The van der Waals surface area contributed by atoms with Gasteiger partial charge in [-0.25, -0.2) is 18.1 Å². The van der Waals surface area contributed by atoms with Gasteiger partial charge in [-0.2, -0.15) is 0 Å². The monoisotopic (exact) mass is 367 g/mol. The number of benzene rings is 1. The molecule has 0 spiro atoms. The fourth-order valence-corrected chi connectivity index (χ4v) is 3.64. The summed E-state index contributed by atoms with van der Waals surface area (Å²) in [5.41, 5.74) is 3.51. The predicted octanol–water partition coefficient (Wildman–Crippen LogP) is 1.94. The van der Waals surface area contributed by atoms with Gasteiger partial charge in [-0.15, -0.1) is 11.3 Å². The second kappa shape index (κ2) is 8.36. The van der Waals surface area contributed by atoms with Crippen LogP contribution in [0.3, 0.4) is 0 Å². The number of hydrogen-bond donors (Lipinski definition) is 2. The minimum absolute atomic E-state index is 0.155. The van der Waals surface area contributed by atoms with Gasteiger partial charge in [0.05, 0.1) is 29.2 Å². The normalized spacial score (nSPS) is 11.6. The summed E-state index contributed by atoms with van der Waals surface area (Å²) >= 11 is 1.44. The van der Waals surface area contributed by atoms with E-state index in [4.69, 9.17) is 0 Å². The van der Waals surface area contributed by atoms with Gasteiger partial charge in [-0.05, 0) is 30.0 Å². The van der Waals surface area contributed by atoms with Gasteiger partial charge in [0.15, 0.2) is 0 Å². The fraction of sp³-hybridized carbons (Fsp3) is 0.375. The van der Waals surface area contributed by atoms with Crippen molar-refractivity contribution in [1.82, 2.24) is 15.0 Å². The number of rotatable bonds is 8. The Morgan fingerprint density at radius 3 is 2.54 bits per heavy atom. The number of carbonyl (C=O) groups is 1. The molecule has 1 amide bonds. The molecule has 0 bridgehead atoms. The molecule has 0 saturated heterocycles. The Morgan fingerprint density at radius 2 is 1.96 bits per heavy atom. The molecule has 24 heavy (non-hydrogen) atoms. The average Bonchev–Trinajstić information content (AvgIpc) is 3.04. The summed E-state index contributed by atoms with van der Waals surface area (Å²) in [6.07, 6.45) is 0.896. The Kier molecular flexibility index (Phi) is 6.47. The highest BCUT2D eigenvalue weighted by Crippen LogP contribution is 2.13. The van der Waals surface area contributed by atoms with Crippen molar-refractivity contribution in [3.8, 4) is 0 Å². The van der Waals surface area contributed by atoms with Crippen molar-refractivity contribution in [2.75, 3.05) is 6.54 Å². The molecule has 0 unspecified atom stereocenters. The third-order valence-electron chi connectivity index (χ3n) is 3.25. The van der Waals surface area contributed by atoms with Gasteiger partial charge in [0, 0.05) is 5.38 Å². The summed E-state index contributed by atoms with van der Waals surface area (Å²) < 4.78 is 26.7. The van der Waals surface area contributed by atoms with E-state index in [9.17, 15) is 13.2 Å². The van der Waals surface area contributed by atoms with Gasteiger partial charge in [0.1, 0.15) is 0 Å². The molecule has 0 saturated carbocycles. The first-order valence-corrected chi connectivity index (χ1v) is 10.0. The van der Waals surface area contributed by atoms with Crippen LogP contribution in [0.2, 0.25) is 0 Å². The molecular weight excluding hydrogens is 346 g/mol. The summed E-state index contributed by atoms with van der Waals surface area (Å²) in [5.74, 6) is 0.106. The maximum absolute atomic E-state index is 12.2. The van der Waals surface area contributed by atoms with E-state index in [1.807, 2.05) is 5.38 Å². The molecule has 0 aliphatic rings. The highest BCUT2D eigenvalue weighted by atomic mass is 32.2. The lowest BCUT2D eigenvalue weighted by Crippen LogP contribution is -2.36. The van der Waals surface area contributed by atoms with Gasteiger partial charge in [-0.1, -0.05) is 26.0 Å². The van der Waals surface area contributed by atoms with Crippen LogP contribution in [0.25, 0.3) is 0 Å². The van der Waals surface area contributed by atoms with Crippen LogP contribution in [-0.2, 0) is 27.8 Å². The van der Waals surface area contributed by atoms with Crippen molar-refractivity contribution in [2.45, 2.75) is 31.7 Å². The van der Waals surface area contributed by atoms with Crippen LogP contribution in [-0.4, -0.2) is 25.9 Å². The lowest BCUT2D eigenvalue weighted by Gasteiger charge is -2.09. The van der Waals surface area contributed by atoms with Crippen molar-refractivity contribution in [3.63, 3.8) is 0 Å². The third kappa shape index (κ3) is 5.70. The molecule has 1 heterocycles. The Morgan fingerprint density at radius 1 is 1.25 bits per heavy atom. The highest BCUT2D eigenvalue weighted by Gasteiger charge is 2.15. The Labute approximate surface area is 146 Å². The summed E-state index contributed by atoms with van der Waals surface area (Å²) in [5, 5.41) is 4.44. The summed E-state index contributed by atoms with van der Waals surface area (Å²) in [6.45, 7) is 4.20. The Bertz CT molecular complexity index is 754. The molecule has 1 aromatic carbocycles. The summed E-state index contributed by atoms with van der Waals surface area (Å²) in [4.78, 5) is 15.9. The van der Waals surface area contributed by atoms with Crippen LogP contribution in [0.4, 0.5) is 0 Å². The zero-order valence-electron chi connectivity index (χ0n) is 13.7. The number of aromatic nitrogens is 1. The third-order valence-corrected chi connectivity index (χ3v) is 5.30. The molecule has 2 rings (SSSR count). The quantitative estimate of drug-likeness (QED) is 0.746. The van der Waals surface area contributed by atoms with E-state index >= 15 is 0 Å². The fourth-order valence-electron chi connectivity index (χ4n) is 2.10.